The van der Waals surface area contributed by atoms with Gasteiger partial charge in [-0.15, -0.1) is 0 Å². The fraction of sp³-hybridized carbons (Fsp3) is 0.429. The van der Waals surface area contributed by atoms with Crippen LogP contribution in [0.15, 0.2) is 42.7 Å². The van der Waals surface area contributed by atoms with E-state index in [0.29, 0.717) is 12.2 Å². The SMILES string of the molecule is CN(C)[C@]1(c2ccccc2)CC[C@@]2(CC1)CN(c1cnc(C(=O)[O-])nc1)C(=O)N2.[Li+]. The van der Waals surface area contributed by atoms with E-state index >= 15 is 0 Å². The molecule has 9 heteroatoms. The number of aromatic nitrogens is 2. The third-order valence-corrected chi connectivity index (χ3v) is 6.41. The molecule has 8 nitrogen and oxygen atoms in total. The van der Waals surface area contributed by atoms with Crippen molar-refractivity contribution in [3.63, 3.8) is 0 Å². The maximum atomic E-state index is 12.7. The molecule has 4 rings (SSSR count). The Balaban J connectivity index is 0.00000256. The molecule has 1 spiro atoms. The smallest absolute Gasteiger partial charge is 0.542 e. The second kappa shape index (κ2) is 8.38. The van der Waals surface area contributed by atoms with Gasteiger partial charge in [-0.1, -0.05) is 30.3 Å². The summed E-state index contributed by atoms with van der Waals surface area (Å²) in [7, 11) is 4.22. The van der Waals surface area contributed by atoms with Crippen LogP contribution in [0.5, 0.6) is 0 Å². The summed E-state index contributed by atoms with van der Waals surface area (Å²) in [6.45, 7) is 0.512. The number of nitrogens with zero attached hydrogens (tertiary/aromatic N) is 4. The van der Waals surface area contributed by atoms with Gasteiger partial charge in [-0.05, 0) is 45.3 Å². The molecule has 1 saturated carbocycles. The molecule has 0 atom stereocenters. The van der Waals surface area contributed by atoms with E-state index in [4.69, 9.17) is 0 Å². The second-order valence-corrected chi connectivity index (χ2v) is 8.14. The van der Waals surface area contributed by atoms with E-state index in [2.05, 4.69) is 58.5 Å². The van der Waals surface area contributed by atoms with Crippen LogP contribution in [0.25, 0.3) is 0 Å². The van der Waals surface area contributed by atoms with Crippen molar-refractivity contribution in [3.05, 3.63) is 54.1 Å². The number of carbonyl (C=O) groups is 2. The Morgan fingerprint density at radius 1 is 1.10 bits per heavy atom. The quantitative estimate of drug-likeness (QED) is 0.604. The summed E-state index contributed by atoms with van der Waals surface area (Å²) >= 11 is 0. The van der Waals surface area contributed by atoms with E-state index in [1.807, 2.05) is 6.07 Å². The largest absolute Gasteiger partial charge is 1.00 e. The van der Waals surface area contributed by atoms with Crippen LogP contribution >= 0.6 is 0 Å². The van der Waals surface area contributed by atoms with Crippen LogP contribution in [0, 0.1) is 0 Å². The first-order chi connectivity index (χ1) is 13.9. The molecule has 0 radical (unpaired) electrons. The summed E-state index contributed by atoms with van der Waals surface area (Å²) in [4.78, 5) is 34.9. The number of carbonyl (C=O) groups excluding carboxylic acids is 2. The van der Waals surface area contributed by atoms with E-state index in [0.717, 1.165) is 25.7 Å². The number of nitrogens with one attached hydrogen (secondary N) is 1. The van der Waals surface area contributed by atoms with Gasteiger partial charge >= 0.3 is 24.9 Å². The summed E-state index contributed by atoms with van der Waals surface area (Å²) in [5.74, 6) is -1.83. The zero-order valence-electron chi connectivity index (χ0n) is 17.6. The summed E-state index contributed by atoms with van der Waals surface area (Å²) in [6, 6.07) is 10.3. The number of carboxylic acid groups (broad SMARTS) is 1. The van der Waals surface area contributed by atoms with Gasteiger partial charge in [0.05, 0.1) is 30.2 Å². The van der Waals surface area contributed by atoms with Gasteiger partial charge in [0.25, 0.3) is 0 Å². The molecule has 1 aromatic carbocycles. The fourth-order valence-corrected chi connectivity index (χ4v) is 4.65. The van der Waals surface area contributed by atoms with Crippen molar-refractivity contribution >= 4 is 17.7 Å². The van der Waals surface area contributed by atoms with Crippen molar-refractivity contribution in [2.24, 2.45) is 0 Å². The van der Waals surface area contributed by atoms with Crippen LogP contribution < -0.4 is 34.2 Å². The minimum Gasteiger partial charge on any atom is -0.542 e. The predicted octanol–water partition coefficient (Wildman–Crippen LogP) is -1.86. The Labute approximate surface area is 187 Å². The van der Waals surface area contributed by atoms with Gasteiger partial charge in [0.2, 0.25) is 0 Å². The molecule has 0 bridgehead atoms. The molecule has 1 aliphatic carbocycles. The molecule has 2 amide bonds. The molecule has 152 valence electrons. The molecule has 0 unspecified atom stereocenters. The third-order valence-electron chi connectivity index (χ3n) is 6.41. The number of urea groups is 1. The molecule has 1 aromatic heterocycles. The van der Waals surface area contributed by atoms with Gasteiger partial charge < -0.3 is 15.2 Å². The Bertz CT molecular complexity index is 912. The zero-order chi connectivity index (χ0) is 20.6. The van der Waals surface area contributed by atoms with Gasteiger partial charge in [-0.2, -0.15) is 0 Å². The summed E-state index contributed by atoms with van der Waals surface area (Å²) in [5, 5.41) is 14.0. The Morgan fingerprint density at radius 2 is 1.70 bits per heavy atom. The number of hydrogen-bond acceptors (Lipinski definition) is 6. The molecular weight excluding hydrogens is 377 g/mol. The average Bonchev–Trinajstić information content (AvgIpc) is 3.05. The van der Waals surface area contributed by atoms with E-state index in [9.17, 15) is 14.7 Å². The van der Waals surface area contributed by atoms with Crippen LogP contribution in [0.4, 0.5) is 10.5 Å². The summed E-state index contributed by atoms with van der Waals surface area (Å²) in [5.41, 5.74) is 1.42. The molecule has 1 saturated heterocycles. The van der Waals surface area contributed by atoms with Crippen molar-refractivity contribution in [1.82, 2.24) is 20.2 Å². The summed E-state index contributed by atoms with van der Waals surface area (Å²) in [6.07, 6.45) is 6.26. The molecule has 1 aliphatic heterocycles. The van der Waals surface area contributed by atoms with Gasteiger partial charge in [0.15, 0.2) is 5.82 Å². The van der Waals surface area contributed by atoms with E-state index in [1.54, 1.807) is 4.90 Å². The van der Waals surface area contributed by atoms with Gasteiger partial charge in [-0.3, -0.25) is 9.80 Å². The minimum absolute atomic E-state index is 0. The van der Waals surface area contributed by atoms with Crippen LogP contribution in [0.1, 0.15) is 41.9 Å². The van der Waals surface area contributed by atoms with Crippen molar-refractivity contribution in [1.29, 1.82) is 0 Å². The standard InChI is InChI=1S/C21H25N5O3.Li/c1-25(2)21(15-6-4-3-5-7-15)10-8-20(9-11-21)14-26(19(29)24-20)16-12-22-17(18(27)28)23-13-16;/h3-7,12-13H,8-11,14H2,1-2H3,(H,24,29)(H,27,28);/q;+1/p-1/t20-,21-;. The van der Waals surface area contributed by atoms with Gasteiger partial charge in [0, 0.05) is 5.54 Å². The van der Waals surface area contributed by atoms with Crippen molar-refractivity contribution in [2.45, 2.75) is 36.8 Å². The molecule has 30 heavy (non-hydrogen) atoms. The maximum Gasteiger partial charge on any atom is 1.00 e. The number of amides is 2. The molecule has 2 fully saturated rings. The topological polar surface area (TPSA) is 101 Å². The van der Waals surface area contributed by atoms with Gasteiger partial charge in [-0.25, -0.2) is 14.8 Å². The number of benzene rings is 1. The van der Waals surface area contributed by atoms with Crippen molar-refractivity contribution in [2.75, 3.05) is 25.5 Å². The Morgan fingerprint density at radius 3 is 2.23 bits per heavy atom. The van der Waals surface area contributed by atoms with Crippen molar-refractivity contribution < 1.29 is 33.6 Å². The third kappa shape index (κ3) is 3.83. The van der Waals surface area contributed by atoms with E-state index in [-0.39, 0.29) is 41.8 Å². The van der Waals surface area contributed by atoms with Crippen molar-refractivity contribution in [3.8, 4) is 0 Å². The average molecular weight is 401 g/mol. The molecule has 2 aromatic rings. The monoisotopic (exact) mass is 401 g/mol. The molecular formula is C21H24LiN5O3. The zero-order valence-corrected chi connectivity index (χ0v) is 17.6. The van der Waals surface area contributed by atoms with Gasteiger partial charge in [0.1, 0.15) is 5.97 Å². The van der Waals surface area contributed by atoms with Crippen LogP contribution in [-0.2, 0) is 5.54 Å². The van der Waals surface area contributed by atoms with Crippen LogP contribution in [0.3, 0.4) is 0 Å². The first-order valence-corrected chi connectivity index (χ1v) is 9.71. The first-order valence-electron chi connectivity index (χ1n) is 9.71. The normalized spacial score (nSPS) is 25.8. The molecule has 1 N–H and O–H groups in total. The first kappa shape index (κ1) is 22.3. The predicted molar refractivity (Wildman–Crippen MR) is 105 cm³/mol. The van der Waals surface area contributed by atoms with Crippen LogP contribution in [0.2, 0.25) is 0 Å². The number of hydrogen-bond donors (Lipinski definition) is 1. The van der Waals surface area contributed by atoms with E-state index < -0.39 is 5.97 Å². The Hall–Kier alpha value is -2.40. The summed E-state index contributed by atoms with van der Waals surface area (Å²) < 4.78 is 0. The number of carboxylic acids is 1. The second-order valence-electron chi connectivity index (χ2n) is 8.14. The van der Waals surface area contributed by atoms with E-state index in [1.165, 1.54) is 18.0 Å². The number of rotatable bonds is 4. The molecule has 2 aliphatic rings. The molecule has 2 heterocycles. The minimum atomic E-state index is -1.44. The Kier molecular flexibility index (Phi) is 6.23. The number of aromatic carboxylic acids is 1. The number of anilines is 1. The fourth-order valence-electron chi connectivity index (χ4n) is 4.65. The maximum absolute atomic E-state index is 12.7. The van der Waals surface area contributed by atoms with Crippen LogP contribution in [-0.4, -0.2) is 53.0 Å².